The van der Waals surface area contributed by atoms with Crippen molar-refractivity contribution >= 4 is 15.9 Å². The van der Waals surface area contributed by atoms with Crippen molar-refractivity contribution in [3.8, 4) is 5.75 Å². The summed E-state index contributed by atoms with van der Waals surface area (Å²) in [4.78, 5) is 4.42. The van der Waals surface area contributed by atoms with Gasteiger partial charge in [0.1, 0.15) is 5.75 Å². The Hall–Kier alpha value is -0.580. The zero-order valence-electron chi connectivity index (χ0n) is 6.46. The summed E-state index contributed by atoms with van der Waals surface area (Å²) in [7, 11) is 0. The minimum Gasteiger partial charge on any atom is -0.508 e. The van der Waals surface area contributed by atoms with Crippen LogP contribution in [-0.2, 0) is 11.3 Å². The zero-order chi connectivity index (χ0) is 8.97. The molecule has 0 aliphatic heterocycles. The second kappa shape index (κ2) is 4.45. The highest BCUT2D eigenvalue weighted by atomic mass is 79.9. The van der Waals surface area contributed by atoms with E-state index in [0.717, 1.165) is 10.0 Å². The van der Waals surface area contributed by atoms with Gasteiger partial charge >= 0.3 is 0 Å². The molecular weight excluding hydrogens is 222 g/mol. The minimum atomic E-state index is 0.265. The summed E-state index contributed by atoms with van der Waals surface area (Å²) in [6.07, 6.45) is 0.601. The summed E-state index contributed by atoms with van der Waals surface area (Å²) in [5.41, 5.74) is 0.822. The first-order valence-electron chi connectivity index (χ1n) is 3.53. The predicted octanol–water partition coefficient (Wildman–Crippen LogP) is 1.59. The monoisotopic (exact) mass is 231 g/mol. The highest BCUT2D eigenvalue weighted by Gasteiger charge is 2.04. The second-order valence-electron chi connectivity index (χ2n) is 2.36. The summed E-state index contributed by atoms with van der Waals surface area (Å²) in [6.45, 7) is 0.399. The van der Waals surface area contributed by atoms with Crippen LogP contribution in [0.2, 0.25) is 0 Å². The van der Waals surface area contributed by atoms with Gasteiger partial charge in [-0.25, -0.2) is 5.90 Å². The van der Waals surface area contributed by atoms with Crippen LogP contribution in [0.4, 0.5) is 0 Å². The molecule has 0 saturated carbocycles. The van der Waals surface area contributed by atoms with Gasteiger partial charge in [-0.2, -0.15) is 0 Å². The standard InChI is InChI=1S/C8H10BrNO2/c9-7-2-1-3-8(11)6(7)4-5-12-10/h1-3,11H,4-5,10H2. The van der Waals surface area contributed by atoms with E-state index >= 15 is 0 Å². The number of hydrogen-bond donors (Lipinski definition) is 2. The van der Waals surface area contributed by atoms with E-state index in [4.69, 9.17) is 5.90 Å². The zero-order valence-corrected chi connectivity index (χ0v) is 8.04. The fourth-order valence-electron chi connectivity index (χ4n) is 0.956. The van der Waals surface area contributed by atoms with Crippen molar-refractivity contribution in [1.29, 1.82) is 0 Å². The van der Waals surface area contributed by atoms with Crippen LogP contribution >= 0.6 is 15.9 Å². The Morgan fingerprint density at radius 2 is 2.25 bits per heavy atom. The fourth-order valence-corrected chi connectivity index (χ4v) is 1.51. The van der Waals surface area contributed by atoms with Crippen molar-refractivity contribution in [2.45, 2.75) is 6.42 Å². The molecule has 1 aromatic carbocycles. The molecule has 66 valence electrons. The largest absolute Gasteiger partial charge is 0.508 e. The van der Waals surface area contributed by atoms with Gasteiger partial charge in [0, 0.05) is 16.5 Å². The average Bonchev–Trinajstić information content (AvgIpc) is 2.04. The van der Waals surface area contributed by atoms with Crippen LogP contribution in [-0.4, -0.2) is 11.7 Å². The first-order valence-corrected chi connectivity index (χ1v) is 4.33. The highest BCUT2D eigenvalue weighted by molar-refractivity contribution is 9.10. The van der Waals surface area contributed by atoms with Gasteiger partial charge in [-0.15, -0.1) is 0 Å². The second-order valence-corrected chi connectivity index (χ2v) is 3.21. The summed E-state index contributed by atoms with van der Waals surface area (Å²) in [6, 6.07) is 5.27. The van der Waals surface area contributed by atoms with Crippen molar-refractivity contribution in [1.82, 2.24) is 0 Å². The maximum atomic E-state index is 9.39. The van der Waals surface area contributed by atoms with Crippen LogP contribution in [0.5, 0.6) is 5.75 Å². The molecule has 0 aliphatic rings. The van der Waals surface area contributed by atoms with E-state index in [9.17, 15) is 5.11 Å². The third-order valence-electron chi connectivity index (χ3n) is 1.56. The molecule has 0 radical (unpaired) electrons. The normalized spacial score (nSPS) is 10.2. The Labute approximate surface area is 79.2 Å². The average molecular weight is 232 g/mol. The van der Waals surface area contributed by atoms with E-state index in [0.29, 0.717) is 13.0 Å². The number of rotatable bonds is 3. The van der Waals surface area contributed by atoms with Crippen LogP contribution in [0, 0.1) is 0 Å². The summed E-state index contributed by atoms with van der Waals surface area (Å²) < 4.78 is 0.875. The molecule has 0 saturated heterocycles. The number of hydrogen-bond acceptors (Lipinski definition) is 3. The van der Waals surface area contributed by atoms with Gasteiger partial charge in [-0.05, 0) is 12.1 Å². The number of benzene rings is 1. The Balaban J connectivity index is 2.81. The van der Waals surface area contributed by atoms with Crippen LogP contribution in [0.1, 0.15) is 5.56 Å². The molecule has 1 aromatic rings. The van der Waals surface area contributed by atoms with Crippen LogP contribution in [0.25, 0.3) is 0 Å². The molecule has 0 atom stereocenters. The van der Waals surface area contributed by atoms with Crippen molar-refractivity contribution in [2.24, 2.45) is 5.90 Å². The Morgan fingerprint density at radius 1 is 1.50 bits per heavy atom. The lowest BCUT2D eigenvalue weighted by atomic mass is 10.1. The van der Waals surface area contributed by atoms with Crippen LogP contribution in [0.3, 0.4) is 0 Å². The topological polar surface area (TPSA) is 55.5 Å². The van der Waals surface area contributed by atoms with Gasteiger partial charge in [-0.3, -0.25) is 0 Å². The lowest BCUT2D eigenvalue weighted by Gasteiger charge is -2.05. The molecule has 0 unspecified atom stereocenters. The van der Waals surface area contributed by atoms with E-state index < -0.39 is 0 Å². The van der Waals surface area contributed by atoms with Crippen molar-refractivity contribution in [2.75, 3.05) is 6.61 Å². The maximum absolute atomic E-state index is 9.39. The van der Waals surface area contributed by atoms with E-state index in [2.05, 4.69) is 20.8 Å². The molecule has 12 heavy (non-hydrogen) atoms. The van der Waals surface area contributed by atoms with Crippen LogP contribution in [0.15, 0.2) is 22.7 Å². The lowest BCUT2D eigenvalue weighted by molar-refractivity contribution is 0.140. The molecule has 0 fully saturated rings. The fraction of sp³-hybridized carbons (Fsp3) is 0.250. The number of halogens is 1. The van der Waals surface area contributed by atoms with Gasteiger partial charge < -0.3 is 9.94 Å². The smallest absolute Gasteiger partial charge is 0.119 e. The van der Waals surface area contributed by atoms with Gasteiger partial charge in [0.2, 0.25) is 0 Å². The maximum Gasteiger partial charge on any atom is 0.119 e. The summed E-state index contributed by atoms with van der Waals surface area (Å²) in [5, 5.41) is 9.39. The molecule has 1 rings (SSSR count). The van der Waals surface area contributed by atoms with E-state index in [-0.39, 0.29) is 5.75 Å². The Bertz CT molecular complexity index is 245. The molecule has 0 amide bonds. The Morgan fingerprint density at radius 3 is 2.83 bits per heavy atom. The molecule has 4 heteroatoms. The van der Waals surface area contributed by atoms with Crippen molar-refractivity contribution < 1.29 is 9.94 Å². The SMILES string of the molecule is NOCCc1c(O)cccc1Br. The van der Waals surface area contributed by atoms with Crippen molar-refractivity contribution in [3.05, 3.63) is 28.2 Å². The summed E-state index contributed by atoms with van der Waals surface area (Å²) >= 11 is 3.32. The first kappa shape index (κ1) is 9.51. The van der Waals surface area contributed by atoms with Gasteiger partial charge in [0.15, 0.2) is 0 Å². The van der Waals surface area contributed by atoms with E-state index in [1.54, 1.807) is 12.1 Å². The molecule has 0 aromatic heterocycles. The number of nitrogens with two attached hydrogens (primary N) is 1. The number of phenolic OH excluding ortho intramolecular Hbond substituents is 1. The van der Waals surface area contributed by atoms with Crippen molar-refractivity contribution in [3.63, 3.8) is 0 Å². The third-order valence-corrected chi connectivity index (χ3v) is 2.31. The van der Waals surface area contributed by atoms with Gasteiger partial charge in [0.05, 0.1) is 6.61 Å². The molecule has 3 N–H and O–H groups in total. The first-order chi connectivity index (χ1) is 5.75. The summed E-state index contributed by atoms with van der Waals surface area (Å²) in [5.74, 6) is 5.14. The minimum absolute atomic E-state index is 0.265. The van der Waals surface area contributed by atoms with Gasteiger partial charge in [-0.1, -0.05) is 22.0 Å². The number of phenols is 1. The molecule has 3 nitrogen and oxygen atoms in total. The quantitative estimate of drug-likeness (QED) is 0.778. The molecule has 0 spiro atoms. The Kier molecular flexibility index (Phi) is 3.52. The van der Waals surface area contributed by atoms with Crippen LogP contribution < -0.4 is 5.90 Å². The number of aromatic hydroxyl groups is 1. The van der Waals surface area contributed by atoms with E-state index in [1.165, 1.54) is 0 Å². The third kappa shape index (κ3) is 2.20. The lowest BCUT2D eigenvalue weighted by Crippen LogP contribution is -2.04. The highest BCUT2D eigenvalue weighted by Crippen LogP contribution is 2.25. The molecular formula is C8H10BrNO2. The van der Waals surface area contributed by atoms with E-state index in [1.807, 2.05) is 6.07 Å². The molecule has 0 bridgehead atoms. The predicted molar refractivity (Wildman–Crippen MR) is 49.7 cm³/mol. The molecule has 0 heterocycles. The molecule has 0 aliphatic carbocycles. The van der Waals surface area contributed by atoms with Gasteiger partial charge in [0.25, 0.3) is 0 Å².